The van der Waals surface area contributed by atoms with Crippen molar-refractivity contribution in [1.82, 2.24) is 4.90 Å². The largest absolute Gasteiger partial charge is 0.350 e. The lowest BCUT2D eigenvalue weighted by Gasteiger charge is -2.42. The van der Waals surface area contributed by atoms with Crippen molar-refractivity contribution in [3.8, 4) is 0 Å². The maximum Gasteiger partial charge on any atom is 0.235 e. The zero-order valence-corrected chi connectivity index (χ0v) is 15.8. The van der Waals surface area contributed by atoms with Crippen LogP contribution in [-0.2, 0) is 19.1 Å². The number of imide groups is 1. The number of carbonyl (C=O) groups excluding carboxylic acids is 2. The molecular formula is C14H15Cl4NO4. The summed E-state index contributed by atoms with van der Waals surface area (Å²) < 4.78 is 11.0. The van der Waals surface area contributed by atoms with Crippen LogP contribution in [0.2, 0.25) is 0 Å². The van der Waals surface area contributed by atoms with Crippen LogP contribution in [0.3, 0.4) is 0 Å². The topological polar surface area (TPSA) is 55.8 Å². The van der Waals surface area contributed by atoms with Crippen molar-refractivity contribution in [2.24, 2.45) is 11.8 Å². The van der Waals surface area contributed by atoms with E-state index < -0.39 is 39.2 Å². The van der Waals surface area contributed by atoms with E-state index in [4.69, 9.17) is 55.9 Å². The van der Waals surface area contributed by atoms with Crippen LogP contribution in [0, 0.1) is 11.8 Å². The van der Waals surface area contributed by atoms with Crippen molar-refractivity contribution in [3.05, 3.63) is 10.1 Å². The number of ether oxygens (including phenoxy) is 2. The van der Waals surface area contributed by atoms with Gasteiger partial charge in [0.2, 0.25) is 17.6 Å². The second kappa shape index (κ2) is 4.99. The number of carbonyl (C=O) groups is 2. The molecule has 0 aromatic carbocycles. The maximum absolute atomic E-state index is 12.9. The molecule has 0 aromatic rings. The smallest absolute Gasteiger partial charge is 0.235 e. The van der Waals surface area contributed by atoms with Crippen LogP contribution >= 0.6 is 46.4 Å². The lowest BCUT2D eigenvalue weighted by Crippen LogP contribution is -2.60. The number of hydrogen-bond acceptors (Lipinski definition) is 4. The zero-order chi connectivity index (χ0) is 17.5. The quantitative estimate of drug-likeness (QED) is 0.413. The molecule has 5 nitrogen and oxygen atoms in total. The molecular weight excluding hydrogens is 388 g/mol. The first-order valence-electron chi connectivity index (χ1n) is 6.99. The van der Waals surface area contributed by atoms with E-state index in [0.29, 0.717) is 0 Å². The molecule has 0 aromatic heterocycles. The van der Waals surface area contributed by atoms with E-state index in [1.807, 2.05) is 0 Å². The highest BCUT2D eigenvalue weighted by molar-refractivity contribution is 6.53. The van der Waals surface area contributed by atoms with Crippen LogP contribution in [0.15, 0.2) is 10.1 Å². The highest BCUT2D eigenvalue weighted by atomic mass is 35.5. The van der Waals surface area contributed by atoms with Gasteiger partial charge in [-0.1, -0.05) is 23.2 Å². The van der Waals surface area contributed by atoms with Gasteiger partial charge in [-0.15, -0.1) is 23.2 Å². The first-order valence-corrected chi connectivity index (χ1v) is 8.50. The minimum atomic E-state index is -1.72. The van der Waals surface area contributed by atoms with E-state index in [9.17, 15) is 9.59 Å². The number of nitrogens with zero attached hydrogens (tertiary/aromatic N) is 1. The molecule has 0 radical (unpaired) electrons. The Morgan fingerprint density at radius 2 is 1.30 bits per heavy atom. The summed E-state index contributed by atoms with van der Waals surface area (Å²) in [5.74, 6) is -4.64. The monoisotopic (exact) mass is 401 g/mol. The molecule has 1 saturated heterocycles. The second-order valence-corrected chi connectivity index (χ2v) is 8.12. The third kappa shape index (κ3) is 1.52. The predicted molar refractivity (Wildman–Crippen MR) is 86.6 cm³/mol. The Bertz CT molecular complexity index is 601. The minimum absolute atomic E-state index is 0.0208. The van der Waals surface area contributed by atoms with Crippen molar-refractivity contribution in [1.29, 1.82) is 0 Å². The second-order valence-electron chi connectivity index (χ2n) is 6.17. The highest BCUT2D eigenvalue weighted by Gasteiger charge is 2.89. The van der Waals surface area contributed by atoms with E-state index in [-0.39, 0.29) is 16.1 Å². The van der Waals surface area contributed by atoms with Crippen molar-refractivity contribution in [2.75, 3.05) is 14.2 Å². The number of halogens is 4. The number of methoxy groups -OCH3 is 2. The molecule has 1 aliphatic heterocycles. The summed E-state index contributed by atoms with van der Waals surface area (Å²) in [5.41, 5.74) is 0. The van der Waals surface area contributed by atoms with E-state index in [2.05, 4.69) is 0 Å². The Labute approximate surface area is 153 Å². The standard InChI is InChI=1S/C14H15Cl4NO4/c1-5(2)19-10(20)6-7(11(19)21)13(18)9(16)8(15)12(6,17)14(13,22-3)23-4/h5-7H,1-4H3/t6-,7+,12+,13-. The molecule has 1 saturated carbocycles. The lowest BCUT2D eigenvalue weighted by molar-refractivity contribution is -0.222. The number of hydrogen-bond donors (Lipinski definition) is 0. The average molecular weight is 403 g/mol. The fourth-order valence-corrected chi connectivity index (χ4v) is 6.40. The minimum Gasteiger partial charge on any atom is -0.350 e. The molecule has 3 aliphatic rings. The van der Waals surface area contributed by atoms with Gasteiger partial charge in [0.15, 0.2) is 0 Å². The van der Waals surface area contributed by atoms with Gasteiger partial charge in [0.05, 0.1) is 21.9 Å². The summed E-state index contributed by atoms with van der Waals surface area (Å²) in [4.78, 5) is 23.6. The normalized spacial score (nSPS) is 41.5. The van der Waals surface area contributed by atoms with Gasteiger partial charge in [-0.25, -0.2) is 0 Å². The molecule has 4 atom stereocenters. The zero-order valence-electron chi connectivity index (χ0n) is 12.8. The molecule has 2 aliphatic carbocycles. The molecule has 0 spiro atoms. The number of likely N-dealkylation sites (tertiary alicyclic amines) is 1. The van der Waals surface area contributed by atoms with E-state index in [0.717, 1.165) is 4.90 Å². The van der Waals surface area contributed by atoms with Crippen LogP contribution in [0.4, 0.5) is 0 Å². The summed E-state index contributed by atoms with van der Waals surface area (Å²) in [5, 5.41) is -0.0416. The van der Waals surface area contributed by atoms with Gasteiger partial charge in [-0.3, -0.25) is 14.5 Å². The van der Waals surface area contributed by atoms with Gasteiger partial charge in [0.1, 0.15) is 9.75 Å². The third-order valence-electron chi connectivity index (χ3n) is 5.08. The number of alkyl halides is 2. The van der Waals surface area contributed by atoms with Crippen LogP contribution in [0.25, 0.3) is 0 Å². The Morgan fingerprint density at radius 3 is 1.57 bits per heavy atom. The average Bonchev–Trinajstić information content (AvgIpc) is 2.91. The van der Waals surface area contributed by atoms with Crippen molar-refractivity contribution in [2.45, 2.75) is 35.4 Å². The summed E-state index contributed by atoms with van der Waals surface area (Å²) in [6.45, 7) is 3.47. The molecule has 0 N–H and O–H groups in total. The molecule has 9 heteroatoms. The molecule has 0 unspecified atom stereocenters. The Hall–Kier alpha value is -0.0400. The number of rotatable bonds is 3. The van der Waals surface area contributed by atoms with Crippen LogP contribution in [0.5, 0.6) is 0 Å². The third-order valence-corrected chi connectivity index (χ3v) is 7.69. The number of amides is 2. The van der Waals surface area contributed by atoms with Crippen LogP contribution in [0.1, 0.15) is 13.8 Å². The Morgan fingerprint density at radius 1 is 0.957 bits per heavy atom. The lowest BCUT2D eigenvalue weighted by atomic mass is 9.84. The fourth-order valence-electron chi connectivity index (χ4n) is 4.24. The van der Waals surface area contributed by atoms with Gasteiger partial charge in [0.25, 0.3) is 0 Å². The number of fused-ring (bicyclic) bond motifs is 5. The van der Waals surface area contributed by atoms with Gasteiger partial charge in [-0.05, 0) is 13.8 Å². The summed E-state index contributed by atoms with van der Waals surface area (Å²) in [7, 11) is 2.65. The first-order chi connectivity index (χ1) is 10.6. The Kier molecular flexibility index (Phi) is 3.86. The molecule has 2 fully saturated rings. The van der Waals surface area contributed by atoms with Crippen LogP contribution < -0.4 is 0 Å². The molecule has 23 heavy (non-hydrogen) atoms. The van der Waals surface area contributed by atoms with Gasteiger partial charge in [-0.2, -0.15) is 0 Å². The molecule has 3 rings (SSSR count). The predicted octanol–water partition coefficient (Wildman–Crippen LogP) is 2.66. The van der Waals surface area contributed by atoms with Crippen molar-refractivity contribution < 1.29 is 19.1 Å². The van der Waals surface area contributed by atoms with Gasteiger partial charge in [0, 0.05) is 20.3 Å². The van der Waals surface area contributed by atoms with Crippen molar-refractivity contribution >= 4 is 58.2 Å². The summed E-state index contributed by atoms with van der Waals surface area (Å²) in [6.07, 6.45) is 0. The highest BCUT2D eigenvalue weighted by Crippen LogP contribution is 2.75. The summed E-state index contributed by atoms with van der Waals surface area (Å²) >= 11 is 26.2. The van der Waals surface area contributed by atoms with E-state index in [1.54, 1.807) is 13.8 Å². The van der Waals surface area contributed by atoms with Gasteiger partial charge < -0.3 is 9.47 Å². The van der Waals surface area contributed by atoms with E-state index in [1.165, 1.54) is 14.2 Å². The molecule has 2 bridgehead atoms. The van der Waals surface area contributed by atoms with Crippen molar-refractivity contribution in [3.63, 3.8) is 0 Å². The summed E-state index contributed by atoms with van der Waals surface area (Å²) in [6, 6.07) is -0.336. The molecule has 1 heterocycles. The van der Waals surface area contributed by atoms with Gasteiger partial charge >= 0.3 is 0 Å². The first kappa shape index (κ1) is 17.8. The SMILES string of the molecule is COC1(OC)[C@@]2(Cl)C(Cl)=C(Cl)[C@]1(Cl)[C@@H]1C(=O)N(C(C)C)C(=O)[C@@H]12. The molecule has 2 amide bonds. The Balaban J connectivity index is 2.31. The van der Waals surface area contributed by atoms with Crippen LogP contribution in [-0.4, -0.2) is 52.5 Å². The molecule has 128 valence electrons. The van der Waals surface area contributed by atoms with E-state index >= 15 is 0 Å². The fraction of sp³-hybridized carbons (Fsp3) is 0.714. The maximum atomic E-state index is 12.9.